The molecule has 0 aliphatic carbocycles. The summed E-state index contributed by atoms with van der Waals surface area (Å²) in [5.41, 5.74) is 1.00. The summed E-state index contributed by atoms with van der Waals surface area (Å²) in [5.74, 6) is 0.988. The van der Waals surface area contributed by atoms with Gasteiger partial charge in [-0.05, 0) is 13.0 Å². The topological polar surface area (TPSA) is 72.0 Å². The second-order valence-corrected chi connectivity index (χ2v) is 4.81. The zero-order chi connectivity index (χ0) is 16.4. The van der Waals surface area contributed by atoms with Crippen LogP contribution in [-0.2, 0) is 16.1 Å². The molecule has 1 aromatic rings. The monoisotopic (exact) mass is 435 g/mol. The van der Waals surface area contributed by atoms with Crippen LogP contribution in [0.15, 0.2) is 29.3 Å². The van der Waals surface area contributed by atoms with E-state index in [2.05, 4.69) is 15.6 Å². The van der Waals surface area contributed by atoms with Crippen molar-refractivity contribution in [2.75, 3.05) is 27.3 Å². The summed E-state index contributed by atoms with van der Waals surface area (Å²) in [5, 5.41) is 6.29. The first-order chi connectivity index (χ1) is 10.6. The number of halogens is 1. The van der Waals surface area contributed by atoms with E-state index in [4.69, 9.17) is 9.47 Å². The molecule has 0 aliphatic rings. The maximum atomic E-state index is 11.4. The Balaban J connectivity index is 0.00000484. The molecule has 0 aliphatic heterocycles. The number of rotatable bonds is 7. The van der Waals surface area contributed by atoms with Crippen molar-refractivity contribution < 1.29 is 14.3 Å². The number of ether oxygens (including phenoxy) is 2. The number of hydrogen-bond donors (Lipinski definition) is 2. The number of nitrogens with one attached hydrogen (secondary N) is 2. The first-order valence-electron chi connectivity index (χ1n) is 7.34. The number of guanidine groups is 1. The van der Waals surface area contributed by atoms with Gasteiger partial charge < -0.3 is 20.1 Å². The van der Waals surface area contributed by atoms with Gasteiger partial charge in [0.05, 0.1) is 26.7 Å². The molecule has 0 radical (unpaired) electrons. The summed E-state index contributed by atoms with van der Waals surface area (Å²) in [4.78, 5) is 15.9. The number of benzene rings is 1. The average Bonchev–Trinajstić information content (AvgIpc) is 2.56. The number of hydrogen-bond acceptors (Lipinski definition) is 4. The maximum absolute atomic E-state index is 11.4. The minimum Gasteiger partial charge on any atom is -0.496 e. The van der Waals surface area contributed by atoms with Gasteiger partial charge in [0.15, 0.2) is 5.96 Å². The molecule has 2 N–H and O–H groups in total. The normalized spacial score (nSPS) is 11.9. The van der Waals surface area contributed by atoms with Crippen LogP contribution >= 0.6 is 24.0 Å². The lowest BCUT2D eigenvalue weighted by Gasteiger charge is -2.14. The van der Waals surface area contributed by atoms with Crippen molar-refractivity contribution in [3.63, 3.8) is 0 Å². The fourth-order valence-corrected chi connectivity index (χ4v) is 1.87. The van der Waals surface area contributed by atoms with Gasteiger partial charge in [0.25, 0.3) is 0 Å². The predicted octanol–water partition coefficient (Wildman–Crippen LogP) is 2.18. The number of carbonyl (C=O) groups is 1. The van der Waals surface area contributed by atoms with E-state index in [-0.39, 0.29) is 35.9 Å². The van der Waals surface area contributed by atoms with Gasteiger partial charge in [-0.1, -0.05) is 25.1 Å². The molecule has 130 valence electrons. The Bertz CT molecular complexity index is 509. The summed E-state index contributed by atoms with van der Waals surface area (Å²) in [6.07, 6.45) is 0. The van der Waals surface area contributed by atoms with Crippen LogP contribution in [0.4, 0.5) is 0 Å². The largest absolute Gasteiger partial charge is 0.496 e. The average molecular weight is 435 g/mol. The second kappa shape index (κ2) is 12.0. The van der Waals surface area contributed by atoms with Gasteiger partial charge in [0.2, 0.25) is 0 Å². The zero-order valence-corrected chi connectivity index (χ0v) is 16.4. The highest BCUT2D eigenvalue weighted by atomic mass is 127. The minimum atomic E-state index is -0.243. The van der Waals surface area contributed by atoms with Gasteiger partial charge in [0, 0.05) is 18.7 Å². The van der Waals surface area contributed by atoms with Gasteiger partial charge in [-0.3, -0.25) is 4.79 Å². The van der Waals surface area contributed by atoms with E-state index in [1.165, 1.54) is 7.11 Å². The lowest BCUT2D eigenvalue weighted by Crippen LogP contribution is -2.40. The van der Waals surface area contributed by atoms with Crippen LogP contribution in [0.2, 0.25) is 0 Å². The van der Waals surface area contributed by atoms with E-state index in [0.29, 0.717) is 19.0 Å². The fourth-order valence-electron chi connectivity index (χ4n) is 1.87. The highest BCUT2D eigenvalue weighted by Gasteiger charge is 2.13. The zero-order valence-electron chi connectivity index (χ0n) is 14.1. The van der Waals surface area contributed by atoms with Crippen LogP contribution < -0.4 is 15.4 Å². The van der Waals surface area contributed by atoms with Crippen LogP contribution in [0.1, 0.15) is 19.4 Å². The van der Waals surface area contributed by atoms with Crippen molar-refractivity contribution in [1.82, 2.24) is 10.6 Å². The third-order valence-electron chi connectivity index (χ3n) is 3.12. The van der Waals surface area contributed by atoms with E-state index < -0.39 is 0 Å². The first kappa shape index (κ1) is 21.5. The van der Waals surface area contributed by atoms with Gasteiger partial charge in [-0.2, -0.15) is 0 Å². The Morgan fingerprint density at radius 3 is 2.57 bits per heavy atom. The SMILES string of the molecule is CCNC(=NCc1ccccc1OC)NCC(C)C(=O)OC.I. The van der Waals surface area contributed by atoms with E-state index in [0.717, 1.165) is 17.9 Å². The van der Waals surface area contributed by atoms with Crippen LogP contribution in [-0.4, -0.2) is 39.2 Å². The molecule has 23 heavy (non-hydrogen) atoms. The smallest absolute Gasteiger partial charge is 0.310 e. The van der Waals surface area contributed by atoms with E-state index in [9.17, 15) is 4.79 Å². The van der Waals surface area contributed by atoms with Crippen molar-refractivity contribution in [3.8, 4) is 5.75 Å². The highest BCUT2D eigenvalue weighted by Crippen LogP contribution is 2.17. The molecule has 1 aromatic carbocycles. The van der Waals surface area contributed by atoms with Crippen molar-refractivity contribution in [2.24, 2.45) is 10.9 Å². The van der Waals surface area contributed by atoms with Crippen molar-refractivity contribution in [2.45, 2.75) is 20.4 Å². The molecule has 1 unspecified atom stereocenters. The number of aliphatic imine (C=N–C) groups is 1. The molecular formula is C16H26IN3O3. The molecule has 6 nitrogen and oxygen atoms in total. The van der Waals surface area contributed by atoms with Crippen LogP contribution in [0.3, 0.4) is 0 Å². The number of methoxy groups -OCH3 is 2. The molecule has 0 bridgehead atoms. The van der Waals surface area contributed by atoms with Gasteiger partial charge in [-0.15, -0.1) is 24.0 Å². The molecule has 0 aromatic heterocycles. The summed E-state index contributed by atoms with van der Waals surface area (Å²) in [6.45, 7) is 5.49. The minimum absolute atomic E-state index is 0. The van der Waals surface area contributed by atoms with Crippen molar-refractivity contribution in [3.05, 3.63) is 29.8 Å². The molecule has 0 fully saturated rings. The highest BCUT2D eigenvalue weighted by molar-refractivity contribution is 14.0. The molecule has 0 saturated carbocycles. The van der Waals surface area contributed by atoms with E-state index in [1.54, 1.807) is 7.11 Å². The van der Waals surface area contributed by atoms with E-state index in [1.807, 2.05) is 38.1 Å². The second-order valence-electron chi connectivity index (χ2n) is 4.81. The molecule has 0 amide bonds. The van der Waals surface area contributed by atoms with Gasteiger partial charge >= 0.3 is 5.97 Å². The van der Waals surface area contributed by atoms with Crippen LogP contribution in [0, 0.1) is 5.92 Å². The molecule has 1 atom stereocenters. The Morgan fingerprint density at radius 2 is 1.96 bits per heavy atom. The quantitative estimate of drug-likeness (QED) is 0.297. The Hall–Kier alpha value is -1.51. The maximum Gasteiger partial charge on any atom is 0.310 e. The predicted molar refractivity (Wildman–Crippen MR) is 102 cm³/mol. The van der Waals surface area contributed by atoms with Crippen LogP contribution in [0.25, 0.3) is 0 Å². The first-order valence-corrected chi connectivity index (χ1v) is 7.34. The summed E-state index contributed by atoms with van der Waals surface area (Å²) in [7, 11) is 3.03. The summed E-state index contributed by atoms with van der Waals surface area (Å²) < 4.78 is 10.0. The lowest BCUT2D eigenvalue weighted by atomic mass is 10.2. The number of esters is 1. The number of nitrogens with zero attached hydrogens (tertiary/aromatic N) is 1. The lowest BCUT2D eigenvalue weighted by molar-refractivity contribution is -0.144. The van der Waals surface area contributed by atoms with Crippen LogP contribution in [0.5, 0.6) is 5.75 Å². The van der Waals surface area contributed by atoms with Gasteiger partial charge in [0.1, 0.15) is 5.75 Å². The number of carbonyl (C=O) groups excluding carboxylic acids is 1. The number of para-hydroxylation sites is 1. The summed E-state index contributed by atoms with van der Waals surface area (Å²) >= 11 is 0. The van der Waals surface area contributed by atoms with Crippen molar-refractivity contribution >= 4 is 35.9 Å². The third kappa shape index (κ3) is 7.54. The molecule has 7 heteroatoms. The fraction of sp³-hybridized carbons (Fsp3) is 0.500. The Labute approximate surface area is 155 Å². The Kier molecular flexibility index (Phi) is 11.2. The molecule has 0 heterocycles. The molecular weight excluding hydrogens is 409 g/mol. The Morgan fingerprint density at radius 1 is 1.26 bits per heavy atom. The molecule has 1 rings (SSSR count). The summed E-state index contributed by atoms with van der Waals surface area (Å²) in [6, 6.07) is 7.76. The standard InChI is InChI=1S/C16H25N3O3.HI/c1-5-17-16(18-10-12(2)15(20)22-4)19-11-13-8-6-7-9-14(13)21-3;/h6-9,12H,5,10-11H2,1-4H3,(H2,17,18,19);1H. The molecule has 0 spiro atoms. The van der Waals surface area contributed by atoms with E-state index >= 15 is 0 Å². The van der Waals surface area contributed by atoms with Gasteiger partial charge in [-0.25, -0.2) is 4.99 Å². The molecule has 0 saturated heterocycles. The van der Waals surface area contributed by atoms with Crippen molar-refractivity contribution in [1.29, 1.82) is 0 Å². The third-order valence-corrected chi connectivity index (χ3v) is 3.12.